The van der Waals surface area contributed by atoms with Gasteiger partial charge in [0.05, 0.1) is 11.9 Å². The number of carbonyl (C=O) groups excluding carboxylic acids is 1. The van der Waals surface area contributed by atoms with Crippen molar-refractivity contribution in [2.24, 2.45) is 7.05 Å². The van der Waals surface area contributed by atoms with Gasteiger partial charge in [0.2, 0.25) is 0 Å². The number of amides is 1. The van der Waals surface area contributed by atoms with Gasteiger partial charge >= 0.3 is 0 Å². The fraction of sp³-hybridized carbons (Fsp3) is 0.350. The average molecular weight is 367 g/mol. The molecule has 7 heteroatoms. The number of pyridine rings is 1. The first-order chi connectivity index (χ1) is 13.0. The number of halogens is 1. The molecule has 1 amide bonds. The second-order valence-electron chi connectivity index (χ2n) is 7.05. The van der Waals surface area contributed by atoms with Gasteiger partial charge < -0.3 is 15.2 Å². The summed E-state index contributed by atoms with van der Waals surface area (Å²) in [7, 11) is 1.97. The van der Waals surface area contributed by atoms with E-state index in [4.69, 9.17) is 0 Å². The number of imidazole rings is 1. The van der Waals surface area contributed by atoms with E-state index in [9.17, 15) is 9.18 Å². The van der Waals surface area contributed by atoms with Gasteiger partial charge in [-0.1, -0.05) is 12.1 Å². The Bertz CT molecular complexity index is 1010. The number of benzene rings is 1. The Balaban J connectivity index is 1.63. The molecule has 4 rings (SSSR count). The number of hydrogen-bond donors (Lipinski definition) is 2. The van der Waals surface area contributed by atoms with Crippen molar-refractivity contribution in [3.63, 3.8) is 0 Å². The summed E-state index contributed by atoms with van der Waals surface area (Å²) in [6, 6.07) is 7.81. The quantitative estimate of drug-likeness (QED) is 0.747. The largest absolute Gasteiger partial charge is 0.331 e. The minimum Gasteiger partial charge on any atom is -0.331 e. The average Bonchev–Trinajstić information content (AvgIpc) is 3.00. The van der Waals surface area contributed by atoms with E-state index in [1.54, 1.807) is 12.3 Å². The van der Waals surface area contributed by atoms with Gasteiger partial charge in [-0.25, -0.2) is 14.4 Å². The lowest BCUT2D eigenvalue weighted by atomic mass is 9.93. The van der Waals surface area contributed by atoms with Crippen LogP contribution in [0.15, 0.2) is 36.7 Å². The highest BCUT2D eigenvalue weighted by Gasteiger charge is 2.39. The van der Waals surface area contributed by atoms with Gasteiger partial charge in [0, 0.05) is 37.0 Å². The van der Waals surface area contributed by atoms with Crippen molar-refractivity contribution in [2.45, 2.75) is 25.4 Å². The smallest absolute Gasteiger partial charge is 0.263 e. The lowest BCUT2D eigenvalue weighted by Crippen LogP contribution is -2.47. The van der Waals surface area contributed by atoms with E-state index in [1.807, 2.05) is 42.9 Å². The van der Waals surface area contributed by atoms with Crippen molar-refractivity contribution in [3.05, 3.63) is 42.5 Å². The molecule has 1 fully saturated rings. The Morgan fingerprint density at radius 2 is 1.96 bits per heavy atom. The first kappa shape index (κ1) is 17.6. The maximum Gasteiger partial charge on any atom is 0.263 e. The lowest BCUT2D eigenvalue weighted by Gasteiger charge is -2.28. The molecule has 0 atom stereocenters. The van der Waals surface area contributed by atoms with E-state index in [-0.39, 0.29) is 12.8 Å². The van der Waals surface area contributed by atoms with Crippen molar-refractivity contribution in [2.75, 3.05) is 18.4 Å². The summed E-state index contributed by atoms with van der Waals surface area (Å²) in [6.45, 7) is 2.96. The number of carbonyl (C=O) groups is 1. The molecule has 0 unspecified atom stereocenters. The van der Waals surface area contributed by atoms with E-state index in [2.05, 4.69) is 20.6 Å². The fourth-order valence-corrected chi connectivity index (χ4v) is 3.42. The zero-order chi connectivity index (χ0) is 19.0. The number of rotatable bonds is 3. The fourth-order valence-electron chi connectivity index (χ4n) is 3.42. The van der Waals surface area contributed by atoms with Crippen LogP contribution >= 0.6 is 0 Å². The Hall–Kier alpha value is -2.80. The van der Waals surface area contributed by atoms with Crippen LogP contribution in [0.3, 0.4) is 0 Å². The van der Waals surface area contributed by atoms with Crippen LogP contribution in [-0.4, -0.2) is 39.2 Å². The number of nitrogens with one attached hydrogen (secondary N) is 2. The van der Waals surface area contributed by atoms with Crippen LogP contribution in [0.4, 0.5) is 10.2 Å². The molecule has 27 heavy (non-hydrogen) atoms. The predicted molar refractivity (Wildman–Crippen MR) is 103 cm³/mol. The van der Waals surface area contributed by atoms with E-state index < -0.39 is 11.6 Å². The third kappa shape index (κ3) is 3.30. The van der Waals surface area contributed by atoms with E-state index in [0.29, 0.717) is 18.9 Å². The minimum atomic E-state index is -1.84. The first-order valence-electron chi connectivity index (χ1n) is 9.06. The number of alkyl halides is 1. The zero-order valence-electron chi connectivity index (χ0n) is 15.4. The highest BCUT2D eigenvalue weighted by molar-refractivity contribution is 5.98. The topological polar surface area (TPSA) is 71.8 Å². The molecular formula is C20H22FN5O. The molecule has 2 aromatic heterocycles. The van der Waals surface area contributed by atoms with Crippen molar-refractivity contribution >= 4 is 22.5 Å². The van der Waals surface area contributed by atoms with Gasteiger partial charge in [-0.15, -0.1) is 0 Å². The van der Waals surface area contributed by atoms with Gasteiger partial charge in [0.1, 0.15) is 11.6 Å². The Morgan fingerprint density at radius 3 is 2.67 bits per heavy atom. The van der Waals surface area contributed by atoms with Gasteiger partial charge in [-0.3, -0.25) is 4.79 Å². The summed E-state index contributed by atoms with van der Waals surface area (Å²) in [5.41, 5.74) is 0.194. The van der Waals surface area contributed by atoms with Crippen LogP contribution in [0.1, 0.15) is 18.7 Å². The SMILES string of the molecule is Cc1ncc(-c2ccc3cnc(NC(=O)C4(F)CCNCC4)cc3c2)n1C. The van der Waals surface area contributed by atoms with Crippen molar-refractivity contribution in [3.8, 4) is 11.3 Å². The number of hydrogen-bond acceptors (Lipinski definition) is 4. The minimum absolute atomic E-state index is 0.177. The summed E-state index contributed by atoms with van der Waals surface area (Å²) in [4.78, 5) is 21.0. The normalized spacial score (nSPS) is 16.4. The molecule has 1 saturated heterocycles. The third-order valence-corrected chi connectivity index (χ3v) is 5.28. The van der Waals surface area contributed by atoms with Crippen molar-refractivity contribution < 1.29 is 9.18 Å². The molecule has 6 nitrogen and oxygen atoms in total. The summed E-state index contributed by atoms with van der Waals surface area (Å²) >= 11 is 0. The zero-order valence-corrected chi connectivity index (χ0v) is 15.4. The van der Waals surface area contributed by atoms with Crippen LogP contribution in [0.5, 0.6) is 0 Å². The number of anilines is 1. The first-order valence-corrected chi connectivity index (χ1v) is 9.06. The number of aryl methyl sites for hydroxylation is 1. The van der Waals surface area contributed by atoms with Gasteiger partial charge in [-0.05, 0) is 37.5 Å². The summed E-state index contributed by atoms with van der Waals surface area (Å²) in [5.74, 6) is 0.679. The standard InChI is InChI=1S/C20H22FN5O/c1-13-23-12-17(26(13)2)14-3-4-15-11-24-18(10-16(15)9-14)25-19(27)20(21)5-7-22-8-6-20/h3-4,9-12,22H,5-8H2,1-2H3,(H,24,25,27). The summed E-state index contributed by atoms with van der Waals surface area (Å²) in [6.07, 6.45) is 3.88. The van der Waals surface area contributed by atoms with E-state index >= 15 is 0 Å². The third-order valence-electron chi connectivity index (χ3n) is 5.28. The van der Waals surface area contributed by atoms with Crippen molar-refractivity contribution in [1.29, 1.82) is 0 Å². The molecule has 1 aliphatic heterocycles. The molecular weight excluding hydrogens is 345 g/mol. The number of nitrogens with zero attached hydrogens (tertiary/aromatic N) is 3. The number of aromatic nitrogens is 3. The molecule has 140 valence electrons. The molecule has 0 spiro atoms. The van der Waals surface area contributed by atoms with Gasteiger partial charge in [0.15, 0.2) is 5.67 Å². The maximum absolute atomic E-state index is 14.8. The Morgan fingerprint density at radius 1 is 1.19 bits per heavy atom. The predicted octanol–water partition coefficient (Wildman–Crippen LogP) is 2.97. The Labute approximate surface area is 156 Å². The molecule has 0 bridgehead atoms. The van der Waals surface area contributed by atoms with E-state index in [0.717, 1.165) is 27.9 Å². The molecule has 0 saturated carbocycles. The molecule has 3 aromatic rings. The molecule has 0 aliphatic carbocycles. The van der Waals surface area contributed by atoms with Crippen LogP contribution in [0, 0.1) is 6.92 Å². The van der Waals surface area contributed by atoms with Gasteiger partial charge in [0.25, 0.3) is 5.91 Å². The van der Waals surface area contributed by atoms with Crippen molar-refractivity contribution in [1.82, 2.24) is 19.9 Å². The van der Waals surface area contributed by atoms with Crippen LogP contribution < -0.4 is 10.6 Å². The van der Waals surface area contributed by atoms with E-state index in [1.165, 1.54) is 0 Å². The number of fused-ring (bicyclic) bond motifs is 1. The molecule has 0 radical (unpaired) electrons. The molecule has 1 aromatic carbocycles. The summed E-state index contributed by atoms with van der Waals surface area (Å²) < 4.78 is 16.8. The number of piperidine rings is 1. The molecule has 3 heterocycles. The highest BCUT2D eigenvalue weighted by atomic mass is 19.1. The van der Waals surface area contributed by atoms with Crippen LogP contribution in [0.25, 0.3) is 22.0 Å². The summed E-state index contributed by atoms with van der Waals surface area (Å²) in [5, 5.41) is 7.59. The Kier molecular flexibility index (Phi) is 4.39. The highest BCUT2D eigenvalue weighted by Crippen LogP contribution is 2.28. The van der Waals surface area contributed by atoms with Crippen LogP contribution in [0.2, 0.25) is 0 Å². The van der Waals surface area contributed by atoms with Gasteiger partial charge in [-0.2, -0.15) is 0 Å². The second kappa shape index (κ2) is 6.74. The maximum atomic E-state index is 14.8. The second-order valence-corrected chi connectivity index (χ2v) is 7.05. The molecule has 2 N–H and O–H groups in total. The lowest BCUT2D eigenvalue weighted by molar-refractivity contribution is -0.129. The van der Waals surface area contributed by atoms with Crippen LogP contribution in [-0.2, 0) is 11.8 Å². The monoisotopic (exact) mass is 367 g/mol. The molecule has 1 aliphatic rings.